The average Bonchev–Trinajstić information content (AvgIpc) is 2.63. The van der Waals surface area contributed by atoms with Crippen molar-refractivity contribution in [2.24, 2.45) is 28.7 Å². The van der Waals surface area contributed by atoms with Gasteiger partial charge in [0.15, 0.2) is 0 Å². The lowest BCUT2D eigenvalue weighted by Crippen LogP contribution is -2.29. The molecular weight excluding hydrogens is 318 g/mol. The molecule has 0 saturated heterocycles. The lowest BCUT2D eigenvalue weighted by Gasteiger charge is -2.07. The maximum absolute atomic E-state index is 9.24. The van der Waals surface area contributed by atoms with E-state index in [0.29, 0.717) is 19.6 Å². The Labute approximate surface area is 155 Å². The number of hydrogen-bond donors (Lipinski definition) is 6. The Balaban J connectivity index is -0.000000442. The molecule has 7 nitrogen and oxygen atoms in total. The molecule has 0 aromatic rings. The van der Waals surface area contributed by atoms with Crippen LogP contribution in [0.15, 0.2) is 0 Å². The molecule has 0 bridgehead atoms. The van der Waals surface area contributed by atoms with Gasteiger partial charge in [-0.2, -0.15) is 0 Å². The molecule has 1 atom stereocenters. The van der Waals surface area contributed by atoms with Crippen LogP contribution in [0.3, 0.4) is 0 Å². The molecule has 0 aromatic carbocycles. The molecule has 7 heteroatoms. The molecule has 0 aromatic heterocycles. The molecule has 0 radical (unpaired) electrons. The highest BCUT2D eigenvalue weighted by molar-refractivity contribution is 5.68. The molecule has 0 amide bonds. The molecule has 0 aliphatic heterocycles. The number of aliphatic carboxylic acids is 1. The molecule has 0 spiro atoms. The zero-order chi connectivity index (χ0) is 19.8. The van der Waals surface area contributed by atoms with Gasteiger partial charge in [0.05, 0.1) is 6.54 Å². The van der Waals surface area contributed by atoms with Crippen LogP contribution in [0.5, 0.6) is 0 Å². The normalized spacial score (nSPS) is 11.0. The van der Waals surface area contributed by atoms with Crippen molar-refractivity contribution in [2.75, 3.05) is 26.2 Å². The summed E-state index contributed by atoms with van der Waals surface area (Å²) < 4.78 is 0. The maximum atomic E-state index is 9.24. The number of carboxylic acids is 1. The van der Waals surface area contributed by atoms with Gasteiger partial charge in [0.2, 0.25) is 0 Å². The molecular formula is C18H45N5O2. The topological polar surface area (TPSA) is 167 Å². The van der Waals surface area contributed by atoms with Gasteiger partial charge < -0.3 is 33.8 Å². The van der Waals surface area contributed by atoms with Gasteiger partial charge >= 0.3 is 5.97 Å². The molecule has 0 heterocycles. The molecule has 0 aliphatic carbocycles. The van der Waals surface area contributed by atoms with Gasteiger partial charge in [-0.3, -0.25) is 4.79 Å². The highest BCUT2D eigenvalue weighted by Gasteiger charge is 1.98. The van der Waals surface area contributed by atoms with Crippen LogP contribution in [0.25, 0.3) is 0 Å². The van der Waals surface area contributed by atoms with Gasteiger partial charge in [-0.1, -0.05) is 71.1 Å². The van der Waals surface area contributed by atoms with Crippen molar-refractivity contribution in [3.05, 3.63) is 0 Å². The van der Waals surface area contributed by atoms with Gasteiger partial charge in [-0.25, -0.2) is 0 Å². The van der Waals surface area contributed by atoms with Crippen molar-refractivity contribution in [1.29, 1.82) is 0 Å². The van der Waals surface area contributed by atoms with E-state index in [4.69, 9.17) is 28.0 Å². The van der Waals surface area contributed by atoms with E-state index in [9.17, 15) is 4.79 Å². The van der Waals surface area contributed by atoms with E-state index < -0.39 is 5.97 Å². The minimum absolute atomic E-state index is 0.231. The first-order valence-corrected chi connectivity index (χ1v) is 9.77. The molecule has 154 valence electrons. The number of unbranched alkanes of at least 4 members (excludes halogenated alkanes) is 9. The summed E-state index contributed by atoms with van der Waals surface area (Å²) in [4.78, 5) is 9.24. The van der Waals surface area contributed by atoms with E-state index >= 15 is 0 Å². The third-order valence-corrected chi connectivity index (χ3v) is 3.57. The highest BCUT2D eigenvalue weighted by Crippen LogP contribution is 2.11. The van der Waals surface area contributed by atoms with E-state index in [1.165, 1.54) is 64.2 Å². The Hall–Kier alpha value is -0.730. The molecule has 1 unspecified atom stereocenters. The number of carboxylic acid groups (broad SMARTS) is 1. The number of rotatable bonds is 14. The van der Waals surface area contributed by atoms with Crippen molar-refractivity contribution in [1.82, 2.24) is 0 Å². The predicted molar refractivity (Wildman–Crippen MR) is 108 cm³/mol. The summed E-state index contributed by atoms with van der Waals surface area (Å²) in [6, 6.07) is 0.231. The predicted octanol–water partition coefficient (Wildman–Crippen LogP) is 1.52. The zero-order valence-corrected chi connectivity index (χ0v) is 16.4. The van der Waals surface area contributed by atoms with Crippen LogP contribution in [0.2, 0.25) is 0 Å². The third-order valence-electron chi connectivity index (χ3n) is 3.57. The lowest BCUT2D eigenvalue weighted by molar-refractivity contribution is -0.135. The minimum atomic E-state index is -0.968. The zero-order valence-electron chi connectivity index (χ0n) is 16.4. The van der Waals surface area contributed by atoms with Crippen LogP contribution < -0.4 is 28.7 Å². The average molecular weight is 364 g/mol. The second kappa shape index (κ2) is 28.1. The fourth-order valence-electron chi connectivity index (χ4n) is 2.01. The molecule has 0 saturated carbocycles. The largest absolute Gasteiger partial charge is 0.480 e. The summed E-state index contributed by atoms with van der Waals surface area (Å²) in [5.41, 5.74) is 25.6. The molecule has 0 rings (SSSR count). The van der Waals surface area contributed by atoms with Crippen LogP contribution in [-0.2, 0) is 4.79 Å². The molecule has 0 fully saturated rings. The Morgan fingerprint density at radius 2 is 1.16 bits per heavy atom. The molecule has 0 aliphatic rings. The van der Waals surface area contributed by atoms with Gasteiger partial charge in [-0.15, -0.1) is 0 Å². The van der Waals surface area contributed by atoms with E-state index in [1.54, 1.807) is 0 Å². The minimum Gasteiger partial charge on any atom is -0.480 e. The lowest BCUT2D eigenvalue weighted by atomic mass is 10.0. The fourth-order valence-corrected chi connectivity index (χ4v) is 2.01. The van der Waals surface area contributed by atoms with E-state index in [-0.39, 0.29) is 12.6 Å². The van der Waals surface area contributed by atoms with Crippen molar-refractivity contribution >= 4 is 5.97 Å². The first-order chi connectivity index (χ1) is 12.0. The number of nitrogens with two attached hydrogens (primary N) is 5. The van der Waals surface area contributed by atoms with Crippen LogP contribution in [0.4, 0.5) is 0 Å². The van der Waals surface area contributed by atoms with Crippen LogP contribution >= 0.6 is 0 Å². The van der Waals surface area contributed by atoms with Crippen LogP contribution in [-0.4, -0.2) is 43.3 Å². The first-order valence-electron chi connectivity index (χ1n) is 9.77. The highest BCUT2D eigenvalue weighted by atomic mass is 16.4. The second-order valence-corrected chi connectivity index (χ2v) is 6.14. The Kier molecular flexibility index (Phi) is 32.6. The number of hydrogen-bond acceptors (Lipinski definition) is 6. The van der Waals surface area contributed by atoms with Gasteiger partial charge in [-0.05, 0) is 6.42 Å². The molecule has 25 heavy (non-hydrogen) atoms. The summed E-state index contributed by atoms with van der Waals surface area (Å²) in [6.07, 6.45) is 15.0. The maximum Gasteiger partial charge on any atom is 0.317 e. The smallest absolute Gasteiger partial charge is 0.317 e. The molecule has 11 N–H and O–H groups in total. The Morgan fingerprint density at radius 1 is 0.800 bits per heavy atom. The van der Waals surface area contributed by atoms with Gasteiger partial charge in [0, 0.05) is 25.7 Å². The van der Waals surface area contributed by atoms with Crippen LogP contribution in [0.1, 0.15) is 77.6 Å². The van der Waals surface area contributed by atoms with Crippen molar-refractivity contribution < 1.29 is 9.90 Å². The monoisotopic (exact) mass is 363 g/mol. The third kappa shape index (κ3) is 39.8. The van der Waals surface area contributed by atoms with Crippen molar-refractivity contribution in [3.8, 4) is 0 Å². The first kappa shape index (κ1) is 29.0. The second-order valence-electron chi connectivity index (χ2n) is 6.14. The Morgan fingerprint density at radius 3 is 1.44 bits per heavy atom. The van der Waals surface area contributed by atoms with Crippen LogP contribution in [0, 0.1) is 0 Å². The summed E-state index contributed by atoms with van der Waals surface area (Å²) in [5, 5.41) is 7.60. The Bertz CT molecular complexity index is 242. The van der Waals surface area contributed by atoms with Gasteiger partial charge in [0.25, 0.3) is 0 Å². The van der Waals surface area contributed by atoms with Crippen molar-refractivity contribution in [3.63, 3.8) is 0 Å². The van der Waals surface area contributed by atoms with E-state index in [0.717, 1.165) is 6.42 Å². The van der Waals surface area contributed by atoms with Gasteiger partial charge in [0.1, 0.15) is 0 Å². The SMILES string of the molecule is CCCCCCCCCCCCC(N)CN.NCC(=O)O.NCCN. The summed E-state index contributed by atoms with van der Waals surface area (Å²) in [7, 11) is 0. The van der Waals surface area contributed by atoms with E-state index in [2.05, 4.69) is 12.7 Å². The van der Waals surface area contributed by atoms with E-state index in [1.807, 2.05) is 0 Å². The fraction of sp³-hybridized carbons (Fsp3) is 0.944. The number of carbonyl (C=O) groups is 1. The standard InChI is InChI=1S/C14H32N2.C2H8N2.C2H5NO2/c1-2-3-4-5-6-7-8-9-10-11-12-14(16)13-15;3-1-2-4;3-1-2(4)5/h14H,2-13,15-16H2,1H3;1-4H2;1,3H2,(H,4,5). The summed E-state index contributed by atoms with van der Waals surface area (Å²) >= 11 is 0. The van der Waals surface area contributed by atoms with Crippen molar-refractivity contribution in [2.45, 2.75) is 83.6 Å². The summed E-state index contributed by atoms with van der Waals surface area (Å²) in [5.74, 6) is -0.968. The summed E-state index contributed by atoms with van der Waals surface area (Å²) in [6.45, 7) is 3.82. The quantitative estimate of drug-likeness (QED) is 0.254.